The number of para-hydroxylation sites is 1. The van der Waals surface area contributed by atoms with Crippen LogP contribution < -0.4 is 15.4 Å². The quantitative estimate of drug-likeness (QED) is 0.151. The van der Waals surface area contributed by atoms with Crippen molar-refractivity contribution >= 4 is 51.4 Å². The van der Waals surface area contributed by atoms with Crippen molar-refractivity contribution in [2.24, 2.45) is 0 Å². The number of hydrogen-bond acceptors (Lipinski definition) is 4. The normalized spacial score (nSPS) is 11.2. The Balaban J connectivity index is 1.49. The topological polar surface area (TPSA) is 84.5 Å². The summed E-state index contributed by atoms with van der Waals surface area (Å²) in [5.74, 6) is -0.390. The van der Waals surface area contributed by atoms with Gasteiger partial charge < -0.3 is 15.4 Å². The molecule has 0 aliphatic heterocycles. The maximum atomic E-state index is 13.2. The zero-order valence-corrected chi connectivity index (χ0v) is 23.4. The van der Waals surface area contributed by atoms with Gasteiger partial charge in [0.2, 0.25) is 0 Å². The fourth-order valence-electron chi connectivity index (χ4n) is 3.79. The molecule has 0 saturated heterocycles. The van der Waals surface area contributed by atoms with Gasteiger partial charge in [-0.05, 0) is 85.3 Å². The zero-order chi connectivity index (χ0) is 28.3. The van der Waals surface area contributed by atoms with Crippen LogP contribution in [0.1, 0.15) is 38.8 Å². The van der Waals surface area contributed by atoms with E-state index in [0.29, 0.717) is 29.2 Å². The number of benzene rings is 4. The summed E-state index contributed by atoms with van der Waals surface area (Å²) < 4.78 is 6.44. The largest absolute Gasteiger partial charge is 0.493 e. The summed E-state index contributed by atoms with van der Waals surface area (Å²) >= 11 is 3.43. The number of allylic oxidation sites excluding steroid dienone is 1. The molecule has 2 amide bonds. The Morgan fingerprint density at radius 1 is 0.825 bits per heavy atom. The number of hydrogen-bond donors (Lipinski definition) is 2. The lowest BCUT2D eigenvalue weighted by Crippen LogP contribution is -2.30. The molecule has 0 unspecified atom stereocenters. The van der Waals surface area contributed by atoms with E-state index in [2.05, 4.69) is 26.6 Å². The van der Waals surface area contributed by atoms with Gasteiger partial charge in [-0.3, -0.25) is 14.4 Å². The molecule has 40 heavy (non-hydrogen) atoms. The first-order valence-corrected chi connectivity index (χ1v) is 13.4. The van der Waals surface area contributed by atoms with Gasteiger partial charge in [-0.2, -0.15) is 0 Å². The molecule has 0 fully saturated rings. The highest BCUT2D eigenvalue weighted by Gasteiger charge is 2.15. The fraction of sp³-hybridized carbons (Fsp3) is 0.0606. The van der Waals surface area contributed by atoms with Crippen molar-refractivity contribution in [2.75, 3.05) is 11.9 Å². The number of ketones is 1. The lowest BCUT2D eigenvalue weighted by atomic mass is 10.1. The molecule has 0 atom stereocenters. The minimum Gasteiger partial charge on any atom is -0.493 e. The third-order valence-electron chi connectivity index (χ3n) is 5.75. The van der Waals surface area contributed by atoms with E-state index in [-0.39, 0.29) is 11.5 Å². The van der Waals surface area contributed by atoms with Crippen molar-refractivity contribution in [3.63, 3.8) is 0 Å². The first kappa shape index (κ1) is 28.3. The number of rotatable bonds is 10. The standard InChI is InChI=1S/C33H27BrN2O4/c1-2-40-31-14-7-6-10-25(31)17-20-30(37)24-15-18-28(19-16-24)35-33(39)29(22-23-9-8-13-27(34)21-23)36-32(38)26-11-4-3-5-12-26/h3-22H,2H2,1H3,(H,35,39)(H,36,38)/b20-17+,29-22-. The fourth-order valence-corrected chi connectivity index (χ4v) is 4.21. The number of anilines is 1. The van der Waals surface area contributed by atoms with Crippen LogP contribution in [-0.4, -0.2) is 24.2 Å². The Kier molecular flexibility index (Phi) is 9.80. The van der Waals surface area contributed by atoms with E-state index in [1.54, 1.807) is 60.7 Å². The summed E-state index contributed by atoms with van der Waals surface area (Å²) in [5.41, 5.74) is 2.97. The van der Waals surface area contributed by atoms with E-state index in [4.69, 9.17) is 4.74 Å². The summed E-state index contributed by atoms with van der Waals surface area (Å²) in [6.45, 7) is 2.43. The second-order valence-electron chi connectivity index (χ2n) is 8.63. The molecule has 4 rings (SSSR count). The molecule has 0 heterocycles. The van der Waals surface area contributed by atoms with Gasteiger partial charge in [0, 0.05) is 26.9 Å². The molecule has 7 heteroatoms. The number of amides is 2. The van der Waals surface area contributed by atoms with Crippen LogP contribution in [0, 0.1) is 0 Å². The highest BCUT2D eigenvalue weighted by Crippen LogP contribution is 2.20. The number of nitrogens with one attached hydrogen (secondary N) is 2. The summed E-state index contributed by atoms with van der Waals surface area (Å²) in [4.78, 5) is 38.8. The summed E-state index contributed by atoms with van der Waals surface area (Å²) in [7, 11) is 0. The van der Waals surface area contributed by atoms with Gasteiger partial charge in [0.25, 0.3) is 11.8 Å². The van der Waals surface area contributed by atoms with Crippen molar-refractivity contribution in [1.29, 1.82) is 0 Å². The third kappa shape index (κ3) is 7.88. The van der Waals surface area contributed by atoms with Gasteiger partial charge in [0.1, 0.15) is 11.4 Å². The van der Waals surface area contributed by atoms with E-state index in [1.165, 1.54) is 6.08 Å². The molecule has 4 aromatic carbocycles. The van der Waals surface area contributed by atoms with Crippen molar-refractivity contribution in [1.82, 2.24) is 5.32 Å². The van der Waals surface area contributed by atoms with Crippen LogP contribution in [-0.2, 0) is 4.79 Å². The van der Waals surface area contributed by atoms with Crippen LogP contribution in [0.3, 0.4) is 0 Å². The first-order chi connectivity index (χ1) is 19.4. The van der Waals surface area contributed by atoms with Crippen LogP contribution >= 0.6 is 15.9 Å². The van der Waals surface area contributed by atoms with Crippen LogP contribution in [0.4, 0.5) is 5.69 Å². The number of ether oxygens (including phenoxy) is 1. The molecule has 0 aliphatic carbocycles. The third-order valence-corrected chi connectivity index (χ3v) is 6.24. The number of halogens is 1. The summed E-state index contributed by atoms with van der Waals surface area (Å²) in [6, 6.07) is 30.1. The average Bonchev–Trinajstić information content (AvgIpc) is 2.97. The lowest BCUT2D eigenvalue weighted by molar-refractivity contribution is -0.113. The van der Waals surface area contributed by atoms with E-state index in [9.17, 15) is 14.4 Å². The lowest BCUT2D eigenvalue weighted by Gasteiger charge is -2.12. The molecule has 0 saturated carbocycles. The Bertz CT molecular complexity index is 1560. The average molecular weight is 595 g/mol. The van der Waals surface area contributed by atoms with Crippen molar-refractivity contribution in [2.45, 2.75) is 6.92 Å². The predicted molar refractivity (Wildman–Crippen MR) is 162 cm³/mol. The van der Waals surface area contributed by atoms with Gasteiger partial charge in [0.05, 0.1) is 6.61 Å². The van der Waals surface area contributed by atoms with E-state index in [0.717, 1.165) is 15.6 Å². The second kappa shape index (κ2) is 13.9. The highest BCUT2D eigenvalue weighted by atomic mass is 79.9. The molecular formula is C33H27BrN2O4. The Hall–Kier alpha value is -4.75. The number of carbonyl (C=O) groups is 3. The molecule has 0 bridgehead atoms. The summed E-state index contributed by atoms with van der Waals surface area (Å²) in [5, 5.41) is 5.52. The second-order valence-corrected chi connectivity index (χ2v) is 9.55. The zero-order valence-electron chi connectivity index (χ0n) is 21.8. The van der Waals surface area contributed by atoms with Crippen LogP contribution in [0.5, 0.6) is 5.75 Å². The van der Waals surface area contributed by atoms with E-state index < -0.39 is 11.8 Å². The van der Waals surface area contributed by atoms with E-state index in [1.807, 2.05) is 61.5 Å². The van der Waals surface area contributed by atoms with E-state index >= 15 is 0 Å². The van der Waals surface area contributed by atoms with Gasteiger partial charge in [0.15, 0.2) is 5.78 Å². The Morgan fingerprint density at radius 2 is 1.55 bits per heavy atom. The molecule has 0 aromatic heterocycles. The SMILES string of the molecule is CCOc1ccccc1/C=C/C(=O)c1ccc(NC(=O)/C(=C/c2cccc(Br)c2)NC(=O)c2ccccc2)cc1. The Labute approximate surface area is 241 Å². The first-order valence-electron chi connectivity index (χ1n) is 12.6. The molecular weight excluding hydrogens is 568 g/mol. The number of carbonyl (C=O) groups excluding carboxylic acids is 3. The molecule has 0 aliphatic rings. The van der Waals surface area contributed by atoms with Gasteiger partial charge in [-0.25, -0.2) is 0 Å². The Morgan fingerprint density at radius 3 is 2.27 bits per heavy atom. The van der Waals surface area contributed by atoms with Crippen molar-refractivity contribution in [3.8, 4) is 5.75 Å². The molecule has 0 spiro atoms. The summed E-state index contributed by atoms with van der Waals surface area (Å²) in [6.07, 6.45) is 4.81. The van der Waals surface area contributed by atoms with Gasteiger partial charge in [-0.15, -0.1) is 0 Å². The van der Waals surface area contributed by atoms with Crippen molar-refractivity contribution in [3.05, 3.63) is 142 Å². The molecule has 6 nitrogen and oxygen atoms in total. The maximum Gasteiger partial charge on any atom is 0.272 e. The molecule has 0 radical (unpaired) electrons. The highest BCUT2D eigenvalue weighted by molar-refractivity contribution is 9.10. The monoisotopic (exact) mass is 594 g/mol. The maximum absolute atomic E-state index is 13.2. The van der Waals surface area contributed by atoms with Crippen molar-refractivity contribution < 1.29 is 19.1 Å². The van der Waals surface area contributed by atoms with Crippen LogP contribution in [0.15, 0.2) is 119 Å². The van der Waals surface area contributed by atoms with Gasteiger partial charge >= 0.3 is 0 Å². The molecule has 4 aromatic rings. The minimum absolute atomic E-state index is 0.0722. The van der Waals surface area contributed by atoms with Crippen LogP contribution in [0.2, 0.25) is 0 Å². The van der Waals surface area contributed by atoms with Crippen LogP contribution in [0.25, 0.3) is 12.2 Å². The smallest absolute Gasteiger partial charge is 0.272 e. The minimum atomic E-state index is -0.504. The molecule has 200 valence electrons. The predicted octanol–water partition coefficient (Wildman–Crippen LogP) is 7.15. The van der Waals surface area contributed by atoms with Gasteiger partial charge in [-0.1, -0.05) is 64.5 Å². The molecule has 2 N–H and O–H groups in total.